The summed E-state index contributed by atoms with van der Waals surface area (Å²) in [6.07, 6.45) is 4.22. The van der Waals surface area contributed by atoms with E-state index >= 15 is 0 Å². The second kappa shape index (κ2) is 8.05. The Kier molecular flexibility index (Phi) is 5.51. The summed E-state index contributed by atoms with van der Waals surface area (Å²) in [7, 11) is 3.71. The van der Waals surface area contributed by atoms with Crippen LogP contribution in [0.3, 0.4) is 0 Å². The standard InChI is InChI=1S/C22H30N4O2/c1-25-19-11-13-26(22(27)16-8-9-20(28-2)18(23)14-16)12-10-17(19)21(24-25)15-6-4-3-5-7-15/h3-7,16,18,20H,8-14,23H2,1-2H3/t16-,18+,20+/m0/s1. The third kappa shape index (κ3) is 3.59. The highest BCUT2D eigenvalue weighted by Crippen LogP contribution is 2.30. The number of aryl methyl sites for hydroxylation is 1. The molecule has 1 amide bonds. The molecule has 0 spiro atoms. The molecule has 2 N–H and O–H groups in total. The normalized spacial score (nSPS) is 25.2. The largest absolute Gasteiger partial charge is 0.380 e. The van der Waals surface area contributed by atoms with Crippen LogP contribution in [0, 0.1) is 5.92 Å². The average Bonchev–Trinajstić information content (AvgIpc) is 2.89. The van der Waals surface area contributed by atoms with E-state index in [1.807, 2.05) is 34.8 Å². The predicted octanol–water partition coefficient (Wildman–Crippen LogP) is 2.16. The molecule has 1 aliphatic carbocycles. The predicted molar refractivity (Wildman–Crippen MR) is 109 cm³/mol. The minimum atomic E-state index is -0.0502. The molecule has 2 heterocycles. The van der Waals surface area contributed by atoms with Crippen molar-refractivity contribution in [1.29, 1.82) is 0 Å². The van der Waals surface area contributed by atoms with E-state index in [0.29, 0.717) is 0 Å². The molecule has 6 nitrogen and oxygen atoms in total. The van der Waals surface area contributed by atoms with Gasteiger partial charge in [0.2, 0.25) is 5.91 Å². The van der Waals surface area contributed by atoms with Crippen molar-refractivity contribution in [2.75, 3.05) is 20.2 Å². The van der Waals surface area contributed by atoms with Crippen molar-refractivity contribution in [2.45, 2.75) is 44.2 Å². The van der Waals surface area contributed by atoms with Crippen LogP contribution in [-0.4, -0.2) is 52.9 Å². The Hall–Kier alpha value is -2.18. The van der Waals surface area contributed by atoms with Gasteiger partial charge in [-0.15, -0.1) is 0 Å². The Balaban J connectivity index is 1.49. The quantitative estimate of drug-likeness (QED) is 0.883. The van der Waals surface area contributed by atoms with Crippen LogP contribution in [0.25, 0.3) is 11.3 Å². The number of benzene rings is 1. The van der Waals surface area contributed by atoms with Crippen molar-refractivity contribution < 1.29 is 9.53 Å². The third-order valence-electron chi connectivity index (χ3n) is 6.37. The van der Waals surface area contributed by atoms with Gasteiger partial charge in [-0.3, -0.25) is 9.48 Å². The molecule has 1 aromatic carbocycles. The van der Waals surface area contributed by atoms with Crippen LogP contribution in [-0.2, 0) is 29.4 Å². The van der Waals surface area contributed by atoms with Gasteiger partial charge in [-0.1, -0.05) is 30.3 Å². The highest BCUT2D eigenvalue weighted by molar-refractivity contribution is 5.79. The molecule has 150 valence electrons. The van der Waals surface area contributed by atoms with Gasteiger partial charge in [0.05, 0.1) is 11.8 Å². The van der Waals surface area contributed by atoms with Crippen LogP contribution < -0.4 is 5.73 Å². The first-order valence-corrected chi connectivity index (χ1v) is 10.3. The maximum Gasteiger partial charge on any atom is 0.225 e. The van der Waals surface area contributed by atoms with Crippen molar-refractivity contribution in [3.63, 3.8) is 0 Å². The number of fused-ring (bicyclic) bond motifs is 1. The summed E-state index contributed by atoms with van der Waals surface area (Å²) in [5, 5.41) is 4.77. The molecule has 0 bridgehead atoms. The van der Waals surface area contributed by atoms with Crippen molar-refractivity contribution in [2.24, 2.45) is 18.7 Å². The molecule has 0 unspecified atom stereocenters. The van der Waals surface area contributed by atoms with E-state index in [1.54, 1.807) is 7.11 Å². The number of rotatable bonds is 3. The molecule has 2 aliphatic rings. The fourth-order valence-electron chi connectivity index (χ4n) is 4.78. The van der Waals surface area contributed by atoms with Crippen LogP contribution in [0.2, 0.25) is 0 Å². The molecule has 1 saturated carbocycles. The van der Waals surface area contributed by atoms with E-state index in [2.05, 4.69) is 12.1 Å². The maximum absolute atomic E-state index is 13.2. The number of carbonyl (C=O) groups excluding carboxylic acids is 1. The molecule has 6 heteroatoms. The lowest BCUT2D eigenvalue weighted by Gasteiger charge is -2.35. The van der Waals surface area contributed by atoms with Crippen molar-refractivity contribution in [1.82, 2.24) is 14.7 Å². The van der Waals surface area contributed by atoms with E-state index in [-0.39, 0.29) is 24.0 Å². The Labute approximate surface area is 166 Å². The summed E-state index contributed by atoms with van der Waals surface area (Å²) in [4.78, 5) is 15.2. The van der Waals surface area contributed by atoms with Gasteiger partial charge in [-0.2, -0.15) is 5.10 Å². The number of nitrogens with zero attached hydrogens (tertiary/aromatic N) is 3. The minimum Gasteiger partial charge on any atom is -0.380 e. The fraction of sp³-hybridized carbons (Fsp3) is 0.545. The molecular formula is C22H30N4O2. The van der Waals surface area contributed by atoms with Crippen LogP contribution >= 0.6 is 0 Å². The van der Waals surface area contributed by atoms with Gasteiger partial charge in [0.1, 0.15) is 0 Å². The van der Waals surface area contributed by atoms with Gasteiger partial charge < -0.3 is 15.4 Å². The first kappa shape index (κ1) is 19.2. The zero-order valence-electron chi connectivity index (χ0n) is 16.8. The van der Waals surface area contributed by atoms with Crippen molar-refractivity contribution >= 4 is 5.91 Å². The molecule has 4 rings (SSSR count). The Bertz CT molecular complexity index is 833. The molecule has 3 atom stereocenters. The fourth-order valence-corrected chi connectivity index (χ4v) is 4.78. The van der Waals surface area contributed by atoms with Crippen LogP contribution in [0.15, 0.2) is 30.3 Å². The van der Waals surface area contributed by atoms with E-state index in [1.165, 1.54) is 11.3 Å². The number of methoxy groups -OCH3 is 1. The number of hydrogen-bond donors (Lipinski definition) is 1. The first-order chi connectivity index (χ1) is 13.6. The van der Waals surface area contributed by atoms with Gasteiger partial charge in [-0.25, -0.2) is 0 Å². The Morgan fingerprint density at radius 1 is 1.18 bits per heavy atom. The molecule has 0 saturated heterocycles. The van der Waals surface area contributed by atoms with Gasteiger partial charge in [0.15, 0.2) is 0 Å². The van der Waals surface area contributed by atoms with Gasteiger partial charge >= 0.3 is 0 Å². The molecule has 28 heavy (non-hydrogen) atoms. The highest BCUT2D eigenvalue weighted by atomic mass is 16.5. The number of ether oxygens (including phenoxy) is 1. The molecule has 2 aromatic rings. The van der Waals surface area contributed by atoms with Gasteiger partial charge in [0.25, 0.3) is 0 Å². The van der Waals surface area contributed by atoms with E-state index in [0.717, 1.165) is 56.5 Å². The van der Waals surface area contributed by atoms with E-state index in [4.69, 9.17) is 15.6 Å². The lowest BCUT2D eigenvalue weighted by Crippen LogP contribution is -2.47. The monoisotopic (exact) mass is 382 g/mol. The summed E-state index contributed by atoms with van der Waals surface area (Å²) in [5.41, 5.74) is 10.9. The molecule has 1 aliphatic heterocycles. The second-order valence-corrected chi connectivity index (χ2v) is 8.04. The maximum atomic E-state index is 13.2. The Morgan fingerprint density at radius 2 is 1.93 bits per heavy atom. The smallest absolute Gasteiger partial charge is 0.225 e. The molecular weight excluding hydrogens is 352 g/mol. The van der Waals surface area contributed by atoms with Gasteiger partial charge in [-0.05, 0) is 25.7 Å². The minimum absolute atomic E-state index is 0.0225. The first-order valence-electron chi connectivity index (χ1n) is 10.3. The third-order valence-corrected chi connectivity index (χ3v) is 6.37. The Morgan fingerprint density at radius 3 is 2.64 bits per heavy atom. The zero-order valence-corrected chi connectivity index (χ0v) is 16.8. The summed E-state index contributed by atoms with van der Waals surface area (Å²) in [5.74, 6) is 0.279. The number of nitrogens with two attached hydrogens (primary N) is 1. The summed E-state index contributed by atoms with van der Waals surface area (Å²) in [6, 6.07) is 10.3. The van der Waals surface area contributed by atoms with Crippen molar-refractivity contribution in [3.8, 4) is 11.3 Å². The van der Waals surface area contributed by atoms with E-state index in [9.17, 15) is 4.79 Å². The average molecular weight is 383 g/mol. The lowest BCUT2D eigenvalue weighted by atomic mass is 9.83. The lowest BCUT2D eigenvalue weighted by molar-refractivity contribution is -0.137. The number of aromatic nitrogens is 2. The number of amides is 1. The highest BCUT2D eigenvalue weighted by Gasteiger charge is 2.35. The second-order valence-electron chi connectivity index (χ2n) is 8.04. The number of carbonyl (C=O) groups is 1. The molecule has 1 fully saturated rings. The van der Waals surface area contributed by atoms with Crippen LogP contribution in [0.1, 0.15) is 30.5 Å². The summed E-state index contributed by atoms with van der Waals surface area (Å²) >= 11 is 0. The molecule has 1 aromatic heterocycles. The summed E-state index contributed by atoms with van der Waals surface area (Å²) in [6.45, 7) is 1.50. The number of hydrogen-bond acceptors (Lipinski definition) is 4. The van der Waals surface area contributed by atoms with Crippen LogP contribution in [0.5, 0.6) is 0 Å². The topological polar surface area (TPSA) is 73.4 Å². The van der Waals surface area contributed by atoms with Gasteiger partial charge in [0, 0.05) is 62.4 Å². The zero-order chi connectivity index (χ0) is 19.7. The van der Waals surface area contributed by atoms with E-state index < -0.39 is 0 Å². The van der Waals surface area contributed by atoms with Crippen LogP contribution in [0.4, 0.5) is 0 Å². The summed E-state index contributed by atoms with van der Waals surface area (Å²) < 4.78 is 7.43. The van der Waals surface area contributed by atoms with Crippen molar-refractivity contribution in [3.05, 3.63) is 41.6 Å². The molecule has 0 radical (unpaired) electrons. The SMILES string of the molecule is CO[C@@H]1CC[C@H](C(=O)N2CCc3c(-c4ccccc4)nn(C)c3CC2)C[C@H]1N.